The van der Waals surface area contributed by atoms with Gasteiger partial charge in [-0.05, 0) is 64.3 Å². The molecule has 0 aliphatic rings. The number of anilines is 2. The molecular formula is C42H48Cl2N10O8S6. The molecule has 4 heterocycles. The Labute approximate surface area is 427 Å². The van der Waals surface area contributed by atoms with Gasteiger partial charge in [0, 0.05) is 45.4 Å². The minimum Gasteiger partial charge on any atom is -0.457 e. The van der Waals surface area contributed by atoms with Crippen LogP contribution in [-0.4, -0.2) is 111 Å². The van der Waals surface area contributed by atoms with Gasteiger partial charge < -0.3 is 20.9 Å². The zero-order valence-corrected chi connectivity index (χ0v) is 43.3. The molecule has 364 valence electrons. The number of rotatable bonds is 24. The minimum atomic E-state index is -0.666. The Morgan fingerprint density at radius 1 is 0.500 bits per heavy atom. The van der Waals surface area contributed by atoms with Gasteiger partial charge >= 0.3 is 11.9 Å². The molecule has 0 saturated carbocycles. The molecule has 18 nitrogen and oxygen atoms in total. The number of nitrogen functional groups attached to an aromatic ring is 2. The highest BCUT2D eigenvalue weighted by molar-refractivity contribution is 7.99. The van der Waals surface area contributed by atoms with Crippen LogP contribution in [0.3, 0.4) is 0 Å². The summed E-state index contributed by atoms with van der Waals surface area (Å²) < 4.78 is 9.02. The second kappa shape index (κ2) is 33.6. The number of hydrogen-bond donors (Lipinski definition) is 2. The Morgan fingerprint density at radius 3 is 1.29 bits per heavy atom. The van der Waals surface area contributed by atoms with E-state index in [-0.39, 0.29) is 36.4 Å². The first-order valence-corrected chi connectivity index (χ1v) is 26.6. The van der Waals surface area contributed by atoms with Gasteiger partial charge in [-0.15, -0.1) is 63.5 Å². The monoisotopic (exact) mass is 1080 g/mol. The second-order valence-electron chi connectivity index (χ2n) is 13.5. The maximum atomic E-state index is 12.2. The molecule has 0 fully saturated rings. The quantitative estimate of drug-likeness (QED) is 0.0381. The third kappa shape index (κ3) is 27.9. The van der Waals surface area contributed by atoms with Crippen LogP contribution >= 0.6 is 92.1 Å². The van der Waals surface area contributed by atoms with Gasteiger partial charge in [-0.1, -0.05) is 83.3 Å². The molecule has 0 bridgehead atoms. The zero-order chi connectivity index (χ0) is 49.5. The van der Waals surface area contributed by atoms with E-state index in [9.17, 15) is 28.8 Å². The predicted octanol–water partition coefficient (Wildman–Crippen LogP) is 6.32. The molecule has 68 heavy (non-hydrogen) atoms. The number of ether oxygens (including phenoxy) is 2. The van der Waals surface area contributed by atoms with Crippen molar-refractivity contribution in [2.75, 3.05) is 47.7 Å². The number of aryl methyl sites for hydroxylation is 4. The van der Waals surface area contributed by atoms with Crippen LogP contribution in [0.25, 0.3) is 0 Å². The number of ketones is 2. The number of esters is 2. The Balaban J connectivity index is 0.000000287. The number of Topliss-reactive ketones (excluding diaryl/α,β-unsaturated/α-hetero) is 2. The van der Waals surface area contributed by atoms with Gasteiger partial charge in [0.2, 0.25) is 15.5 Å². The van der Waals surface area contributed by atoms with Gasteiger partial charge in [0.15, 0.2) is 12.4 Å². The van der Waals surface area contributed by atoms with Gasteiger partial charge in [0.1, 0.15) is 42.4 Å². The van der Waals surface area contributed by atoms with Crippen LogP contribution in [0.1, 0.15) is 55.0 Å². The second-order valence-corrected chi connectivity index (χ2v) is 21.3. The zero-order valence-electron chi connectivity index (χ0n) is 36.9. The lowest BCUT2D eigenvalue weighted by molar-refractivity contribution is -0.146. The van der Waals surface area contributed by atoms with E-state index in [1.54, 1.807) is 11.8 Å². The molecule has 0 unspecified atom stereocenters. The van der Waals surface area contributed by atoms with Crippen LogP contribution < -0.4 is 11.5 Å². The molecule has 0 atom stereocenters. The molecule has 6 aromatic rings. The summed E-state index contributed by atoms with van der Waals surface area (Å²) in [5.74, 6) is 2.78. The first kappa shape index (κ1) is 57.5. The number of hydrogen-bond acceptors (Lipinski definition) is 24. The van der Waals surface area contributed by atoms with Gasteiger partial charge in [-0.25, -0.2) is 0 Å². The van der Waals surface area contributed by atoms with Crippen LogP contribution in [0.2, 0.25) is 0 Å². The van der Waals surface area contributed by atoms with Crippen molar-refractivity contribution in [2.24, 2.45) is 0 Å². The average Bonchev–Trinajstić information content (AvgIpc) is 4.13. The Bertz CT molecular complexity index is 2400. The largest absolute Gasteiger partial charge is 0.457 e. The van der Waals surface area contributed by atoms with Crippen molar-refractivity contribution in [3.05, 3.63) is 102 Å². The summed E-state index contributed by atoms with van der Waals surface area (Å²) in [7, 11) is 0. The first-order chi connectivity index (χ1) is 32.6. The van der Waals surface area contributed by atoms with Crippen LogP contribution in [0.4, 0.5) is 10.3 Å². The molecule has 4 aromatic heterocycles. The summed E-state index contributed by atoms with van der Waals surface area (Å²) in [5.41, 5.74) is 13.0. The van der Waals surface area contributed by atoms with E-state index >= 15 is 0 Å². The summed E-state index contributed by atoms with van der Waals surface area (Å²) >= 11 is 19.4. The normalized spacial score (nSPS) is 10.3. The maximum Gasteiger partial charge on any atom is 0.313 e. The summed E-state index contributed by atoms with van der Waals surface area (Å²) in [6, 6.07) is 19.1. The fourth-order valence-electron chi connectivity index (χ4n) is 4.82. The van der Waals surface area contributed by atoms with E-state index in [0.717, 1.165) is 84.9 Å². The highest BCUT2D eigenvalue weighted by Gasteiger charge is 2.13. The smallest absolute Gasteiger partial charge is 0.313 e. The summed E-state index contributed by atoms with van der Waals surface area (Å²) in [5, 5.41) is 37.2. The average molecular weight is 1080 g/mol. The summed E-state index contributed by atoms with van der Waals surface area (Å²) in [4.78, 5) is 64.8. The lowest BCUT2D eigenvalue weighted by atomic mass is 10.1. The molecular weight excluding hydrogens is 1040 g/mol. The number of thioether (sulfide) groups is 2. The fraction of sp³-hybridized carbons (Fsp3) is 0.381. The van der Waals surface area contributed by atoms with E-state index in [1.165, 1.54) is 59.2 Å². The van der Waals surface area contributed by atoms with E-state index in [0.29, 0.717) is 34.5 Å². The topological polar surface area (TPSA) is 276 Å². The van der Waals surface area contributed by atoms with E-state index in [4.69, 9.17) is 39.4 Å². The van der Waals surface area contributed by atoms with Gasteiger partial charge in [-0.2, -0.15) is 23.5 Å². The molecule has 0 aliphatic heterocycles. The summed E-state index contributed by atoms with van der Waals surface area (Å²) in [6.07, 6.45) is 4.49. The molecule has 4 N–H and O–H groups in total. The SMILES string of the molecule is CC(=O)COC(=O)Cc1nnc(CCSCCc2nnc(CC(=O)Cc3ccccc3)s2)s1.CC(=O)OCC(=O)Cl.Nc1nnc(CCSCCc2nnc(N)s2)s1.O=C(Cl)Cc1ccccc1. The van der Waals surface area contributed by atoms with Crippen molar-refractivity contribution in [2.45, 2.75) is 65.2 Å². The minimum absolute atomic E-state index is 0.0331. The fourth-order valence-corrected chi connectivity index (χ4v) is 10.2. The number of aromatic nitrogens is 8. The molecule has 0 saturated heterocycles. The molecule has 6 rings (SSSR count). The highest BCUT2D eigenvalue weighted by Crippen LogP contribution is 2.19. The number of nitrogens with zero attached hydrogens (tertiary/aromatic N) is 8. The first-order valence-electron chi connectivity index (χ1n) is 20.3. The number of carbonyl (C=O) groups excluding carboxylic acids is 6. The van der Waals surface area contributed by atoms with Crippen LogP contribution in [0.15, 0.2) is 60.7 Å². The predicted molar refractivity (Wildman–Crippen MR) is 271 cm³/mol. The third-order valence-corrected chi connectivity index (χ3v) is 13.5. The number of carbonyl (C=O) groups is 6. The maximum absolute atomic E-state index is 12.2. The number of nitrogens with two attached hydrogens (primary N) is 2. The van der Waals surface area contributed by atoms with Crippen molar-refractivity contribution in [1.29, 1.82) is 0 Å². The molecule has 0 amide bonds. The van der Waals surface area contributed by atoms with Gasteiger partial charge in [0.25, 0.3) is 5.24 Å². The Morgan fingerprint density at radius 2 is 0.912 bits per heavy atom. The lowest BCUT2D eigenvalue weighted by Crippen LogP contribution is -2.13. The van der Waals surface area contributed by atoms with E-state index < -0.39 is 17.2 Å². The van der Waals surface area contributed by atoms with E-state index in [1.807, 2.05) is 72.4 Å². The molecule has 26 heteroatoms. The highest BCUT2D eigenvalue weighted by atomic mass is 35.5. The Hall–Kier alpha value is -4.82. The Kier molecular flexibility index (Phi) is 28.4. The standard InChI is InChI=1S/C22H24N4O4S3.C8H7ClO.C8H12N6S3.C4H5ClO3/c1-15(27)14-30-22(29)13-21-26-24-19(33-21)8-10-31-9-7-18-23-25-20(32-18)12-17(28)11-16-5-3-2-4-6-16;9-8(10)6-7-4-2-1-3-5-7;9-7-13-11-5(16-7)1-3-15-4-2-6-12-14-8(10)17-6;1-3(6)8-2-4(5)7/h2-6H,7-14H2,1H3;1-5H,6H2;1-4H2,(H2,9,13)(H2,10,14);2H2,1H3. The van der Waals surface area contributed by atoms with Crippen molar-refractivity contribution in [3.8, 4) is 0 Å². The molecule has 2 aromatic carbocycles. The molecule has 0 radical (unpaired) electrons. The van der Waals surface area contributed by atoms with Crippen LogP contribution in [-0.2, 0) is 89.6 Å². The van der Waals surface area contributed by atoms with E-state index in [2.05, 4.69) is 45.5 Å². The van der Waals surface area contributed by atoms with Crippen LogP contribution in [0.5, 0.6) is 0 Å². The lowest BCUT2D eigenvalue weighted by Gasteiger charge is -1.99. The summed E-state index contributed by atoms with van der Waals surface area (Å²) in [6.45, 7) is 2.03. The van der Waals surface area contributed by atoms with Crippen molar-refractivity contribution in [1.82, 2.24) is 40.8 Å². The molecule has 0 aliphatic carbocycles. The molecule has 0 spiro atoms. The van der Waals surface area contributed by atoms with Crippen molar-refractivity contribution < 1.29 is 38.2 Å². The van der Waals surface area contributed by atoms with Crippen molar-refractivity contribution >= 4 is 136 Å². The number of benzene rings is 2. The van der Waals surface area contributed by atoms with Gasteiger partial charge in [0.05, 0.1) is 12.8 Å². The number of halogens is 2. The van der Waals surface area contributed by atoms with Gasteiger partial charge in [-0.3, -0.25) is 28.8 Å². The van der Waals surface area contributed by atoms with Crippen LogP contribution in [0, 0.1) is 0 Å². The van der Waals surface area contributed by atoms with Crippen molar-refractivity contribution in [3.63, 3.8) is 0 Å². The third-order valence-electron chi connectivity index (χ3n) is 7.72.